The minimum absolute atomic E-state index is 0.477. The lowest BCUT2D eigenvalue weighted by Gasteiger charge is -1.99. The van der Waals surface area contributed by atoms with Crippen molar-refractivity contribution in [3.8, 4) is 0 Å². The second-order valence-corrected chi connectivity index (χ2v) is 3.85. The van der Waals surface area contributed by atoms with Crippen LogP contribution in [0.5, 0.6) is 0 Å². The Morgan fingerprint density at radius 3 is 2.33 bits per heavy atom. The molecule has 0 amide bonds. The highest BCUT2D eigenvalue weighted by molar-refractivity contribution is 7.95. The fourth-order valence-electron chi connectivity index (χ4n) is 0.498. The zero-order valence-electron chi connectivity index (χ0n) is 5.76. The predicted molar refractivity (Wildman–Crippen MR) is 40.5 cm³/mol. The van der Waals surface area contributed by atoms with Crippen molar-refractivity contribution in [3.63, 3.8) is 0 Å². The number of hydrogen-bond acceptors (Lipinski definition) is 1. The Balaban J connectivity index is 4.32. The van der Waals surface area contributed by atoms with Crippen LogP contribution >= 0.6 is 0 Å². The first kappa shape index (κ1) is 8.94. The summed E-state index contributed by atoms with van der Waals surface area (Å²) in [5.41, 5.74) is 0. The first-order valence-corrected chi connectivity index (χ1v) is 4.43. The molecule has 0 saturated heterocycles. The molecule has 0 aliphatic carbocycles. The molecule has 0 bridgehead atoms. The Bertz CT molecular complexity index is 183. The highest BCUT2D eigenvalue weighted by atomic mass is 32.2. The van der Waals surface area contributed by atoms with Crippen molar-refractivity contribution in [2.45, 2.75) is 26.7 Å². The molecule has 0 fully saturated rings. The fraction of sp³-hybridized carbons (Fsp3) is 0.800. The normalized spacial score (nSPS) is 16.9. The van der Waals surface area contributed by atoms with Gasteiger partial charge in [0.25, 0.3) is 0 Å². The summed E-state index contributed by atoms with van der Waals surface area (Å²) >= 11 is 0. The Morgan fingerprint density at radius 1 is 1.78 bits per heavy atom. The van der Waals surface area contributed by atoms with Crippen LogP contribution in [0.2, 0.25) is 0 Å². The summed E-state index contributed by atoms with van der Waals surface area (Å²) in [6, 6.07) is 0. The van der Waals surface area contributed by atoms with Gasteiger partial charge in [0.15, 0.2) is 0 Å². The van der Waals surface area contributed by atoms with Gasteiger partial charge in [-0.15, -0.1) is 0 Å². The molecule has 0 aromatic heterocycles. The zero-order valence-corrected chi connectivity index (χ0v) is 6.57. The van der Waals surface area contributed by atoms with Crippen molar-refractivity contribution in [2.75, 3.05) is 0 Å². The molecule has 3 nitrogen and oxygen atoms in total. The van der Waals surface area contributed by atoms with Gasteiger partial charge in [0, 0.05) is 4.86 Å². The summed E-state index contributed by atoms with van der Waals surface area (Å²) in [7, 11) is -3.10. The molecule has 0 heterocycles. The standard InChI is InChI=1S/C5H13NO2S/c1-3-4-5(2)9(6,7)8/h3-4H2,1-2H3,(H3,6,7,8). The molecule has 0 rings (SSSR count). The molecular formula is C5H13NO2S. The van der Waals surface area contributed by atoms with E-state index in [4.69, 9.17) is 9.69 Å². The lowest BCUT2D eigenvalue weighted by molar-refractivity contribution is 0.560. The third kappa shape index (κ3) is 3.51. The van der Waals surface area contributed by atoms with Crippen LogP contribution in [-0.2, 0) is 9.99 Å². The largest absolute Gasteiger partial charge is 0.302 e. The van der Waals surface area contributed by atoms with E-state index in [1.54, 1.807) is 6.92 Å². The topological polar surface area (TPSA) is 63.3 Å². The van der Waals surface area contributed by atoms with E-state index < -0.39 is 9.99 Å². The monoisotopic (exact) mass is 151 g/mol. The Kier molecular flexibility index (Phi) is 3.17. The van der Waals surface area contributed by atoms with E-state index >= 15 is 0 Å². The van der Waals surface area contributed by atoms with Crippen molar-refractivity contribution in [2.24, 2.45) is 5.14 Å². The van der Waals surface area contributed by atoms with E-state index in [1.165, 1.54) is 0 Å². The Labute approximate surface area is 56.2 Å². The van der Waals surface area contributed by atoms with Gasteiger partial charge in [-0.25, -0.2) is 9.35 Å². The van der Waals surface area contributed by atoms with Crippen LogP contribution in [0.4, 0.5) is 0 Å². The molecule has 3 N–H and O–H groups in total. The molecule has 0 saturated carbocycles. The van der Waals surface area contributed by atoms with Gasteiger partial charge in [0.1, 0.15) is 9.99 Å². The average Bonchev–Trinajstić information content (AvgIpc) is 1.64. The summed E-state index contributed by atoms with van der Waals surface area (Å²) in [5, 5.41) is 4.91. The van der Waals surface area contributed by atoms with E-state index in [-0.39, 0.29) is 0 Å². The molecule has 0 radical (unpaired) electrons. The lowest BCUT2D eigenvalue weighted by atomic mass is 10.3. The molecule has 0 aliphatic rings. The Morgan fingerprint density at radius 2 is 2.22 bits per heavy atom. The fourth-order valence-corrected chi connectivity index (χ4v) is 0.995. The molecule has 1 unspecified atom stereocenters. The third-order valence-electron chi connectivity index (χ3n) is 1.10. The van der Waals surface area contributed by atoms with Crippen molar-refractivity contribution in [3.05, 3.63) is 0 Å². The molecule has 0 aromatic rings. The summed E-state index contributed by atoms with van der Waals surface area (Å²) in [6.45, 7) is 3.54. The molecule has 56 valence electrons. The van der Waals surface area contributed by atoms with Crippen LogP contribution in [0.3, 0.4) is 0 Å². The first-order valence-electron chi connectivity index (χ1n) is 2.85. The van der Waals surface area contributed by atoms with E-state index in [0.717, 1.165) is 6.42 Å². The SMILES string of the molecule is CCCC(C)=S(N)(=O)O. The van der Waals surface area contributed by atoms with Crippen molar-refractivity contribution < 1.29 is 8.76 Å². The van der Waals surface area contributed by atoms with Gasteiger partial charge < -0.3 is 4.55 Å². The molecule has 0 aromatic carbocycles. The quantitative estimate of drug-likeness (QED) is 0.568. The maximum atomic E-state index is 10.6. The molecule has 4 heteroatoms. The van der Waals surface area contributed by atoms with E-state index in [1.807, 2.05) is 6.92 Å². The second kappa shape index (κ2) is 3.20. The summed E-state index contributed by atoms with van der Waals surface area (Å²) in [6.07, 6.45) is 1.49. The average molecular weight is 151 g/mol. The van der Waals surface area contributed by atoms with Gasteiger partial charge in [-0.05, 0) is 13.3 Å². The first-order chi connectivity index (χ1) is 3.98. The van der Waals surface area contributed by atoms with Crippen LogP contribution in [0.15, 0.2) is 0 Å². The van der Waals surface area contributed by atoms with Crippen LogP contribution in [-0.4, -0.2) is 13.6 Å². The van der Waals surface area contributed by atoms with Crippen molar-refractivity contribution >= 4 is 14.9 Å². The lowest BCUT2D eigenvalue weighted by Crippen LogP contribution is -2.19. The minimum Gasteiger partial charge on any atom is -0.302 e. The van der Waals surface area contributed by atoms with Gasteiger partial charge >= 0.3 is 0 Å². The number of hydrogen-bond donors (Lipinski definition) is 2. The van der Waals surface area contributed by atoms with Gasteiger partial charge in [0.2, 0.25) is 0 Å². The molecule has 0 spiro atoms. The van der Waals surface area contributed by atoms with Crippen LogP contribution in [0.1, 0.15) is 26.7 Å². The van der Waals surface area contributed by atoms with Crippen molar-refractivity contribution in [1.82, 2.24) is 0 Å². The van der Waals surface area contributed by atoms with Gasteiger partial charge in [-0.2, -0.15) is 0 Å². The smallest absolute Gasteiger partial charge is 0.141 e. The summed E-state index contributed by atoms with van der Waals surface area (Å²) in [4.78, 5) is 0.477. The van der Waals surface area contributed by atoms with Gasteiger partial charge in [0.05, 0.1) is 0 Å². The minimum atomic E-state index is -3.10. The molecule has 0 aliphatic heterocycles. The second-order valence-electron chi connectivity index (χ2n) is 2.02. The van der Waals surface area contributed by atoms with E-state index in [0.29, 0.717) is 11.3 Å². The summed E-state index contributed by atoms with van der Waals surface area (Å²) in [5.74, 6) is 0. The maximum absolute atomic E-state index is 10.6. The van der Waals surface area contributed by atoms with Gasteiger partial charge in [-0.3, -0.25) is 0 Å². The van der Waals surface area contributed by atoms with Crippen LogP contribution in [0, 0.1) is 0 Å². The predicted octanol–water partition coefficient (Wildman–Crippen LogP) is 0.610. The highest BCUT2D eigenvalue weighted by Crippen LogP contribution is 1.92. The molecule has 1 atom stereocenters. The number of nitrogens with two attached hydrogens (primary N) is 1. The van der Waals surface area contributed by atoms with Crippen LogP contribution < -0.4 is 5.14 Å². The van der Waals surface area contributed by atoms with E-state index in [9.17, 15) is 4.21 Å². The Hall–Kier alpha value is -0.0600. The number of rotatable bonds is 2. The maximum Gasteiger partial charge on any atom is 0.141 e. The van der Waals surface area contributed by atoms with Crippen LogP contribution in [0.25, 0.3) is 0 Å². The van der Waals surface area contributed by atoms with E-state index in [2.05, 4.69) is 0 Å². The van der Waals surface area contributed by atoms with Gasteiger partial charge in [-0.1, -0.05) is 13.3 Å². The molecular weight excluding hydrogens is 138 g/mol. The van der Waals surface area contributed by atoms with Crippen molar-refractivity contribution in [1.29, 1.82) is 0 Å². The summed E-state index contributed by atoms with van der Waals surface area (Å²) < 4.78 is 19.3. The molecule has 9 heavy (non-hydrogen) atoms. The third-order valence-corrected chi connectivity index (χ3v) is 2.30. The zero-order chi connectivity index (χ0) is 7.49. The highest BCUT2D eigenvalue weighted by Gasteiger charge is 1.97.